The van der Waals surface area contributed by atoms with Gasteiger partial charge in [-0.25, -0.2) is 14.8 Å². The smallest absolute Gasteiger partial charge is 0.317 e. The maximum atomic E-state index is 11.6. The minimum Gasteiger partial charge on any atom is -0.353 e. The SMILES string of the molecule is CCc1nc(Cl)cc(N2CCN3C(=O)NCC3C2)n1. The maximum absolute atomic E-state index is 11.6. The Bertz CT molecular complexity index is 509. The van der Waals surface area contributed by atoms with Crippen LogP contribution in [0, 0.1) is 0 Å². The predicted octanol–water partition coefficient (Wildman–Crippen LogP) is 0.906. The molecule has 2 aliphatic heterocycles. The molecule has 2 aliphatic rings. The molecule has 1 N–H and O–H groups in total. The average Bonchev–Trinajstić information content (AvgIpc) is 2.79. The minimum atomic E-state index is 0.0413. The van der Waals surface area contributed by atoms with Crippen molar-refractivity contribution in [2.75, 3.05) is 31.1 Å². The first-order chi connectivity index (χ1) is 9.17. The Balaban J connectivity index is 1.80. The number of fused-ring (bicyclic) bond motifs is 1. The molecule has 2 fully saturated rings. The number of hydrogen-bond donors (Lipinski definition) is 1. The number of hydrogen-bond acceptors (Lipinski definition) is 4. The summed E-state index contributed by atoms with van der Waals surface area (Å²) in [6, 6.07) is 2.06. The van der Waals surface area contributed by atoms with Crippen LogP contribution in [0.2, 0.25) is 5.15 Å². The Kier molecular flexibility index (Phi) is 3.18. The lowest BCUT2D eigenvalue weighted by atomic mass is 10.2. The number of nitrogens with one attached hydrogen (secondary N) is 1. The number of carbonyl (C=O) groups excluding carboxylic acids is 1. The monoisotopic (exact) mass is 281 g/mol. The molecular weight excluding hydrogens is 266 g/mol. The van der Waals surface area contributed by atoms with Crippen LogP contribution in [-0.2, 0) is 6.42 Å². The van der Waals surface area contributed by atoms with Gasteiger partial charge in [0.2, 0.25) is 0 Å². The zero-order chi connectivity index (χ0) is 13.4. The van der Waals surface area contributed by atoms with Crippen molar-refractivity contribution >= 4 is 23.4 Å². The highest BCUT2D eigenvalue weighted by molar-refractivity contribution is 6.29. The second-order valence-electron chi connectivity index (χ2n) is 4.80. The standard InChI is InChI=1S/C12H16ClN5O/c1-2-10-15-9(13)5-11(16-10)17-3-4-18-8(7-17)6-14-12(18)19/h5,8H,2-4,6-7H2,1H3,(H,14,19). The third-order valence-corrected chi connectivity index (χ3v) is 3.79. The number of aromatic nitrogens is 2. The molecule has 1 unspecified atom stereocenters. The summed E-state index contributed by atoms with van der Waals surface area (Å²) in [5.41, 5.74) is 0. The van der Waals surface area contributed by atoms with E-state index >= 15 is 0 Å². The van der Waals surface area contributed by atoms with Gasteiger partial charge >= 0.3 is 6.03 Å². The molecule has 102 valence electrons. The van der Waals surface area contributed by atoms with Crippen LogP contribution in [0.4, 0.5) is 10.6 Å². The highest BCUT2D eigenvalue weighted by Crippen LogP contribution is 2.21. The number of aryl methyl sites for hydroxylation is 1. The van der Waals surface area contributed by atoms with Crippen LogP contribution in [0.25, 0.3) is 0 Å². The number of anilines is 1. The highest BCUT2D eigenvalue weighted by atomic mass is 35.5. The molecule has 19 heavy (non-hydrogen) atoms. The van der Waals surface area contributed by atoms with E-state index in [1.165, 1.54) is 0 Å². The van der Waals surface area contributed by atoms with Crippen LogP contribution in [-0.4, -0.2) is 53.1 Å². The number of nitrogens with zero attached hydrogens (tertiary/aromatic N) is 4. The molecule has 0 aromatic carbocycles. The van der Waals surface area contributed by atoms with Crippen LogP contribution >= 0.6 is 11.6 Å². The summed E-state index contributed by atoms with van der Waals surface area (Å²) in [6.07, 6.45) is 0.761. The molecule has 0 saturated carbocycles. The van der Waals surface area contributed by atoms with E-state index in [-0.39, 0.29) is 12.1 Å². The fourth-order valence-corrected chi connectivity index (χ4v) is 2.78. The molecule has 2 amide bonds. The Morgan fingerprint density at radius 1 is 1.47 bits per heavy atom. The lowest BCUT2D eigenvalue weighted by Crippen LogP contribution is -2.52. The van der Waals surface area contributed by atoms with Gasteiger partial charge in [0, 0.05) is 38.7 Å². The molecule has 1 aromatic heterocycles. The van der Waals surface area contributed by atoms with Crippen LogP contribution in [0.1, 0.15) is 12.7 Å². The van der Waals surface area contributed by atoms with Gasteiger partial charge in [-0.05, 0) is 0 Å². The Morgan fingerprint density at radius 3 is 3.11 bits per heavy atom. The number of amides is 2. The largest absolute Gasteiger partial charge is 0.353 e. The van der Waals surface area contributed by atoms with Crippen molar-refractivity contribution in [2.45, 2.75) is 19.4 Å². The second-order valence-corrected chi connectivity index (χ2v) is 5.19. The molecule has 0 aliphatic carbocycles. The molecule has 2 saturated heterocycles. The number of halogens is 1. The van der Waals surface area contributed by atoms with Gasteiger partial charge in [0.25, 0.3) is 0 Å². The van der Waals surface area contributed by atoms with E-state index in [2.05, 4.69) is 20.2 Å². The minimum absolute atomic E-state index is 0.0413. The summed E-state index contributed by atoms with van der Waals surface area (Å²) >= 11 is 6.03. The Hall–Kier alpha value is -1.56. The van der Waals surface area contributed by atoms with Crippen LogP contribution in [0.3, 0.4) is 0 Å². The molecule has 3 heterocycles. The second kappa shape index (κ2) is 4.85. The first-order valence-electron chi connectivity index (χ1n) is 6.50. The lowest BCUT2D eigenvalue weighted by molar-refractivity contribution is 0.197. The summed E-state index contributed by atoms with van der Waals surface area (Å²) in [5.74, 6) is 1.61. The van der Waals surface area contributed by atoms with Crippen LogP contribution in [0.15, 0.2) is 6.07 Å². The first-order valence-corrected chi connectivity index (χ1v) is 6.88. The fourth-order valence-electron chi connectivity index (χ4n) is 2.58. The molecular formula is C12H16ClN5O. The summed E-state index contributed by atoms with van der Waals surface area (Å²) in [6.45, 7) is 5.00. The first kappa shape index (κ1) is 12.5. The van der Waals surface area contributed by atoms with Crippen LogP contribution < -0.4 is 10.2 Å². The van der Waals surface area contributed by atoms with E-state index < -0.39 is 0 Å². The summed E-state index contributed by atoms with van der Waals surface area (Å²) in [5, 5.41) is 3.35. The molecule has 6 nitrogen and oxygen atoms in total. The number of carbonyl (C=O) groups is 1. The van der Waals surface area contributed by atoms with Gasteiger partial charge in [-0.15, -0.1) is 0 Å². The number of urea groups is 1. The van der Waals surface area contributed by atoms with E-state index in [9.17, 15) is 4.79 Å². The van der Waals surface area contributed by atoms with Gasteiger partial charge in [0.15, 0.2) is 0 Å². The van der Waals surface area contributed by atoms with Gasteiger partial charge in [-0.1, -0.05) is 18.5 Å². The van der Waals surface area contributed by atoms with Crippen LogP contribution in [0.5, 0.6) is 0 Å². The zero-order valence-corrected chi connectivity index (χ0v) is 11.5. The normalized spacial score (nSPS) is 22.4. The molecule has 0 radical (unpaired) electrons. The van der Waals surface area contributed by atoms with Gasteiger partial charge < -0.3 is 15.1 Å². The number of rotatable bonds is 2. The third-order valence-electron chi connectivity index (χ3n) is 3.60. The van der Waals surface area contributed by atoms with Crippen molar-refractivity contribution in [1.29, 1.82) is 0 Å². The number of piperazine rings is 1. The molecule has 3 rings (SSSR count). The van der Waals surface area contributed by atoms with Gasteiger partial charge in [-0.3, -0.25) is 0 Å². The predicted molar refractivity (Wildman–Crippen MR) is 72.5 cm³/mol. The topological polar surface area (TPSA) is 61.4 Å². The molecule has 0 spiro atoms. The van der Waals surface area contributed by atoms with Crippen molar-refractivity contribution in [3.8, 4) is 0 Å². The van der Waals surface area contributed by atoms with E-state index in [0.29, 0.717) is 11.7 Å². The van der Waals surface area contributed by atoms with Crippen molar-refractivity contribution in [2.24, 2.45) is 0 Å². The molecule has 0 bridgehead atoms. The molecule has 1 aromatic rings. The Morgan fingerprint density at radius 2 is 2.32 bits per heavy atom. The summed E-state index contributed by atoms with van der Waals surface area (Å²) in [4.78, 5) is 24.3. The van der Waals surface area contributed by atoms with Gasteiger partial charge in [0.05, 0.1) is 6.04 Å². The maximum Gasteiger partial charge on any atom is 0.317 e. The molecule has 7 heteroatoms. The van der Waals surface area contributed by atoms with Gasteiger partial charge in [-0.2, -0.15) is 0 Å². The van der Waals surface area contributed by atoms with Crippen molar-refractivity contribution in [3.05, 3.63) is 17.0 Å². The summed E-state index contributed by atoms with van der Waals surface area (Å²) < 4.78 is 0. The van der Waals surface area contributed by atoms with Crippen molar-refractivity contribution < 1.29 is 4.79 Å². The fraction of sp³-hybridized carbons (Fsp3) is 0.583. The third kappa shape index (κ3) is 2.32. The quantitative estimate of drug-likeness (QED) is 0.819. The van der Waals surface area contributed by atoms with Crippen molar-refractivity contribution in [1.82, 2.24) is 20.2 Å². The van der Waals surface area contributed by atoms with Gasteiger partial charge in [0.1, 0.15) is 16.8 Å². The van der Waals surface area contributed by atoms with E-state index in [0.717, 1.165) is 37.7 Å². The lowest BCUT2D eigenvalue weighted by Gasteiger charge is -2.37. The zero-order valence-electron chi connectivity index (χ0n) is 10.8. The van der Waals surface area contributed by atoms with E-state index in [4.69, 9.17) is 11.6 Å². The van der Waals surface area contributed by atoms with E-state index in [1.807, 2.05) is 11.8 Å². The van der Waals surface area contributed by atoms with E-state index in [1.54, 1.807) is 6.07 Å². The highest BCUT2D eigenvalue weighted by Gasteiger charge is 2.35. The Labute approximate surface area is 116 Å². The van der Waals surface area contributed by atoms with Crippen molar-refractivity contribution in [3.63, 3.8) is 0 Å². The molecule has 1 atom stereocenters. The summed E-state index contributed by atoms with van der Waals surface area (Å²) in [7, 11) is 0. The average molecular weight is 282 g/mol.